The van der Waals surface area contributed by atoms with E-state index in [9.17, 15) is 4.79 Å². The molecule has 1 aromatic heterocycles. The fourth-order valence-corrected chi connectivity index (χ4v) is 1.67. The van der Waals surface area contributed by atoms with Gasteiger partial charge in [-0.2, -0.15) is 0 Å². The zero-order valence-corrected chi connectivity index (χ0v) is 11.1. The van der Waals surface area contributed by atoms with Gasteiger partial charge < -0.3 is 11.1 Å². The van der Waals surface area contributed by atoms with Crippen LogP contribution < -0.4 is 11.1 Å². The van der Waals surface area contributed by atoms with E-state index in [0.29, 0.717) is 5.69 Å². The molecule has 4 nitrogen and oxygen atoms in total. The number of carbonyl (C=O) groups is 1. The van der Waals surface area contributed by atoms with E-state index in [1.165, 1.54) is 0 Å². The van der Waals surface area contributed by atoms with Gasteiger partial charge in [0.2, 0.25) is 0 Å². The monoisotopic (exact) mass is 255 g/mol. The quantitative estimate of drug-likeness (QED) is 0.650. The lowest BCUT2D eigenvalue weighted by Crippen LogP contribution is -2.09. The van der Waals surface area contributed by atoms with Crippen LogP contribution in [0, 0.1) is 5.92 Å². The van der Waals surface area contributed by atoms with Crippen molar-refractivity contribution >= 4 is 22.8 Å². The lowest BCUT2D eigenvalue weighted by atomic mass is 10.1. The molecule has 0 aliphatic carbocycles. The Kier molecular flexibility index (Phi) is 3.80. The standard InChI is InChI=1S/C15H17N3O/c1-10(2)15(19)14-9-13(7-8-17-14)18-12-5-3-11(16)4-6-12/h3-10H,16H2,1-2H3,(H,17,18). The zero-order chi connectivity index (χ0) is 13.8. The molecule has 0 radical (unpaired) electrons. The van der Waals surface area contributed by atoms with Crippen molar-refractivity contribution in [1.82, 2.24) is 4.98 Å². The Balaban J connectivity index is 2.19. The van der Waals surface area contributed by atoms with Crippen molar-refractivity contribution in [3.63, 3.8) is 0 Å². The molecule has 4 heteroatoms. The Morgan fingerprint density at radius 1 is 1.16 bits per heavy atom. The molecule has 2 rings (SSSR count). The number of ketones is 1. The topological polar surface area (TPSA) is 68.0 Å². The first kappa shape index (κ1) is 13.1. The summed E-state index contributed by atoms with van der Waals surface area (Å²) >= 11 is 0. The SMILES string of the molecule is CC(C)C(=O)c1cc(Nc2ccc(N)cc2)ccn1. The number of Topliss-reactive ketones (excluding diaryl/α,β-unsaturated/α-hetero) is 1. The summed E-state index contributed by atoms with van der Waals surface area (Å²) in [7, 11) is 0. The maximum atomic E-state index is 11.9. The van der Waals surface area contributed by atoms with Gasteiger partial charge in [-0.3, -0.25) is 9.78 Å². The van der Waals surface area contributed by atoms with Crippen molar-refractivity contribution in [3.05, 3.63) is 48.3 Å². The molecule has 19 heavy (non-hydrogen) atoms. The van der Waals surface area contributed by atoms with Gasteiger partial charge in [-0.25, -0.2) is 0 Å². The van der Waals surface area contributed by atoms with E-state index in [0.717, 1.165) is 17.1 Å². The molecule has 0 fully saturated rings. The van der Waals surface area contributed by atoms with Crippen LogP contribution in [-0.4, -0.2) is 10.8 Å². The average molecular weight is 255 g/mol. The molecule has 0 saturated carbocycles. The summed E-state index contributed by atoms with van der Waals surface area (Å²) in [5.74, 6) is -0.0137. The van der Waals surface area contributed by atoms with Crippen LogP contribution in [0.1, 0.15) is 24.3 Å². The number of nitrogen functional groups attached to an aromatic ring is 1. The molecule has 1 aromatic carbocycles. The van der Waals surface area contributed by atoms with E-state index in [1.54, 1.807) is 12.3 Å². The number of aromatic nitrogens is 1. The molecule has 0 bridgehead atoms. The van der Waals surface area contributed by atoms with Crippen molar-refractivity contribution in [2.75, 3.05) is 11.1 Å². The number of carbonyl (C=O) groups excluding carboxylic acids is 1. The summed E-state index contributed by atoms with van der Waals surface area (Å²) in [4.78, 5) is 16.0. The fraction of sp³-hybridized carbons (Fsp3) is 0.200. The number of rotatable bonds is 4. The highest BCUT2D eigenvalue weighted by atomic mass is 16.1. The van der Waals surface area contributed by atoms with Gasteiger partial charge in [0.25, 0.3) is 0 Å². The minimum Gasteiger partial charge on any atom is -0.399 e. The first-order valence-electron chi connectivity index (χ1n) is 6.19. The molecule has 0 amide bonds. The molecule has 1 heterocycles. The van der Waals surface area contributed by atoms with Crippen LogP contribution in [0.15, 0.2) is 42.6 Å². The Hall–Kier alpha value is -2.36. The van der Waals surface area contributed by atoms with Gasteiger partial charge >= 0.3 is 0 Å². The molecule has 0 atom stereocenters. The second-order valence-corrected chi connectivity index (χ2v) is 4.70. The predicted octanol–water partition coefficient (Wildman–Crippen LogP) is 3.25. The van der Waals surface area contributed by atoms with Crippen LogP contribution in [-0.2, 0) is 0 Å². The molecule has 98 valence electrons. The van der Waals surface area contributed by atoms with E-state index in [4.69, 9.17) is 5.73 Å². The van der Waals surface area contributed by atoms with Gasteiger partial charge in [0.05, 0.1) is 0 Å². The van der Waals surface area contributed by atoms with Gasteiger partial charge in [-0.1, -0.05) is 13.8 Å². The smallest absolute Gasteiger partial charge is 0.183 e. The first-order chi connectivity index (χ1) is 9.06. The third kappa shape index (κ3) is 3.31. The van der Waals surface area contributed by atoms with Crippen LogP contribution in [0.25, 0.3) is 0 Å². The molecule has 0 spiro atoms. The predicted molar refractivity (Wildman–Crippen MR) is 77.5 cm³/mol. The summed E-state index contributed by atoms with van der Waals surface area (Å²) in [5.41, 5.74) is 8.59. The van der Waals surface area contributed by atoms with Crippen molar-refractivity contribution < 1.29 is 4.79 Å². The minimum absolute atomic E-state index is 0.0426. The number of benzene rings is 1. The Labute approximate surface area is 112 Å². The summed E-state index contributed by atoms with van der Waals surface area (Å²) in [6.45, 7) is 3.73. The van der Waals surface area contributed by atoms with Gasteiger partial charge in [-0.05, 0) is 36.4 Å². The molecule has 0 saturated heterocycles. The molecular weight excluding hydrogens is 238 g/mol. The lowest BCUT2D eigenvalue weighted by Gasteiger charge is -2.09. The minimum atomic E-state index is -0.0562. The van der Waals surface area contributed by atoms with Crippen LogP contribution in [0.5, 0.6) is 0 Å². The number of nitrogens with two attached hydrogens (primary N) is 1. The van der Waals surface area contributed by atoms with E-state index >= 15 is 0 Å². The lowest BCUT2D eigenvalue weighted by molar-refractivity contribution is 0.0934. The van der Waals surface area contributed by atoms with E-state index in [-0.39, 0.29) is 11.7 Å². The summed E-state index contributed by atoms with van der Waals surface area (Å²) in [5, 5.41) is 3.22. The van der Waals surface area contributed by atoms with Crippen molar-refractivity contribution in [2.24, 2.45) is 5.92 Å². The molecule has 3 N–H and O–H groups in total. The van der Waals surface area contributed by atoms with Crippen LogP contribution in [0.4, 0.5) is 17.1 Å². The van der Waals surface area contributed by atoms with Gasteiger partial charge in [0.1, 0.15) is 5.69 Å². The van der Waals surface area contributed by atoms with Gasteiger partial charge in [0.15, 0.2) is 5.78 Å². The van der Waals surface area contributed by atoms with Crippen LogP contribution in [0.2, 0.25) is 0 Å². The fourth-order valence-electron chi connectivity index (χ4n) is 1.67. The van der Waals surface area contributed by atoms with Crippen molar-refractivity contribution in [2.45, 2.75) is 13.8 Å². The number of nitrogens with one attached hydrogen (secondary N) is 1. The molecular formula is C15H17N3O. The third-order valence-corrected chi connectivity index (χ3v) is 2.74. The highest BCUT2D eigenvalue weighted by Crippen LogP contribution is 2.18. The Bertz CT molecular complexity index is 576. The Morgan fingerprint density at radius 2 is 1.84 bits per heavy atom. The summed E-state index contributed by atoms with van der Waals surface area (Å²) in [6, 6.07) is 11.0. The number of nitrogens with zero attached hydrogens (tertiary/aromatic N) is 1. The maximum Gasteiger partial charge on any atom is 0.183 e. The number of hydrogen-bond donors (Lipinski definition) is 2. The van der Waals surface area contributed by atoms with E-state index in [1.807, 2.05) is 44.2 Å². The molecule has 0 aliphatic heterocycles. The molecule has 0 aliphatic rings. The number of anilines is 3. The van der Waals surface area contributed by atoms with E-state index < -0.39 is 0 Å². The molecule has 2 aromatic rings. The van der Waals surface area contributed by atoms with E-state index in [2.05, 4.69) is 10.3 Å². The number of pyridine rings is 1. The zero-order valence-electron chi connectivity index (χ0n) is 11.1. The molecule has 0 unspecified atom stereocenters. The summed E-state index contributed by atoms with van der Waals surface area (Å²) < 4.78 is 0. The Morgan fingerprint density at radius 3 is 2.47 bits per heavy atom. The van der Waals surface area contributed by atoms with Crippen LogP contribution >= 0.6 is 0 Å². The van der Waals surface area contributed by atoms with Crippen LogP contribution in [0.3, 0.4) is 0 Å². The average Bonchev–Trinajstić information content (AvgIpc) is 2.41. The second-order valence-electron chi connectivity index (χ2n) is 4.70. The maximum absolute atomic E-state index is 11.9. The third-order valence-electron chi connectivity index (χ3n) is 2.74. The summed E-state index contributed by atoms with van der Waals surface area (Å²) in [6.07, 6.45) is 1.63. The van der Waals surface area contributed by atoms with Gasteiger partial charge in [-0.15, -0.1) is 0 Å². The second kappa shape index (κ2) is 5.52. The highest BCUT2D eigenvalue weighted by Gasteiger charge is 2.12. The largest absolute Gasteiger partial charge is 0.399 e. The first-order valence-corrected chi connectivity index (χ1v) is 6.19. The normalized spacial score (nSPS) is 10.5. The highest BCUT2D eigenvalue weighted by molar-refractivity contribution is 5.96. The number of hydrogen-bond acceptors (Lipinski definition) is 4. The van der Waals surface area contributed by atoms with Crippen molar-refractivity contribution in [1.29, 1.82) is 0 Å². The van der Waals surface area contributed by atoms with Crippen molar-refractivity contribution in [3.8, 4) is 0 Å². The van der Waals surface area contributed by atoms with Gasteiger partial charge in [0, 0.05) is 29.2 Å².